The largest absolute Gasteiger partial charge is 0.487 e. The van der Waals surface area contributed by atoms with E-state index in [0.29, 0.717) is 40.6 Å². The molecule has 0 N–H and O–H groups in total. The van der Waals surface area contributed by atoms with E-state index in [4.69, 9.17) is 16.3 Å². The molecule has 2 unspecified atom stereocenters. The van der Waals surface area contributed by atoms with Crippen LogP contribution >= 0.6 is 11.6 Å². The van der Waals surface area contributed by atoms with Crippen LogP contribution in [0.25, 0.3) is 11.1 Å². The summed E-state index contributed by atoms with van der Waals surface area (Å²) in [4.78, 5) is 15.0. The van der Waals surface area contributed by atoms with E-state index in [1.54, 1.807) is 12.1 Å². The highest BCUT2D eigenvalue weighted by Crippen LogP contribution is 2.52. The molecule has 1 aliphatic carbocycles. The number of aryl methyl sites for hydroxylation is 1. The number of nitrogens with zero attached hydrogens (tertiary/aromatic N) is 4. The third-order valence-electron chi connectivity index (χ3n) is 6.23. The lowest BCUT2D eigenvalue weighted by Crippen LogP contribution is -2.27. The number of halogens is 3. The van der Waals surface area contributed by atoms with E-state index in [1.165, 1.54) is 18.3 Å². The van der Waals surface area contributed by atoms with Crippen molar-refractivity contribution in [2.75, 3.05) is 24.6 Å². The van der Waals surface area contributed by atoms with Crippen LogP contribution in [-0.2, 0) is 6.42 Å². The van der Waals surface area contributed by atoms with Crippen LogP contribution in [0.2, 0.25) is 5.15 Å². The zero-order valence-corrected chi connectivity index (χ0v) is 17.7. The van der Waals surface area contributed by atoms with Gasteiger partial charge in [-0.1, -0.05) is 18.5 Å². The summed E-state index contributed by atoms with van der Waals surface area (Å²) >= 11 is 5.77. The molecule has 3 heterocycles. The van der Waals surface area contributed by atoms with E-state index in [9.17, 15) is 8.78 Å². The van der Waals surface area contributed by atoms with E-state index in [0.717, 1.165) is 31.0 Å². The Hall–Kier alpha value is -2.80. The average molecular weight is 443 g/mol. The molecule has 1 aromatic carbocycles. The molecular formula is C23H21ClF2N4O. The third kappa shape index (κ3) is 3.94. The summed E-state index contributed by atoms with van der Waals surface area (Å²) in [6.07, 6.45) is 6.12. The van der Waals surface area contributed by atoms with Crippen LogP contribution < -0.4 is 9.64 Å². The van der Waals surface area contributed by atoms with Gasteiger partial charge in [0.05, 0.1) is 6.61 Å². The molecule has 1 aliphatic heterocycles. The van der Waals surface area contributed by atoms with E-state index in [2.05, 4.69) is 26.8 Å². The topological polar surface area (TPSA) is 51.1 Å². The highest BCUT2D eigenvalue weighted by molar-refractivity contribution is 6.29. The maximum atomic E-state index is 14.5. The number of piperidine rings is 1. The summed E-state index contributed by atoms with van der Waals surface area (Å²) in [6, 6.07) is 5.77. The highest BCUT2D eigenvalue weighted by atomic mass is 35.5. The molecule has 2 aliphatic rings. The van der Waals surface area contributed by atoms with Crippen LogP contribution in [0, 0.1) is 29.4 Å². The van der Waals surface area contributed by atoms with Crippen molar-refractivity contribution in [1.82, 2.24) is 15.0 Å². The van der Waals surface area contributed by atoms with Crippen LogP contribution in [0.4, 0.5) is 14.7 Å². The fourth-order valence-electron chi connectivity index (χ4n) is 4.34. The SMILES string of the molecule is CCc1cnc(N2CC3C(COc4c(F)cc(-c5ccc(Cl)nc5)cc4F)C3C2)nc1. The van der Waals surface area contributed by atoms with Gasteiger partial charge in [0.2, 0.25) is 5.95 Å². The van der Waals surface area contributed by atoms with Crippen molar-refractivity contribution in [2.45, 2.75) is 13.3 Å². The first kappa shape index (κ1) is 20.1. The molecule has 0 radical (unpaired) electrons. The monoisotopic (exact) mass is 442 g/mol. The smallest absolute Gasteiger partial charge is 0.225 e. The molecule has 31 heavy (non-hydrogen) atoms. The number of pyridine rings is 1. The van der Waals surface area contributed by atoms with Crippen molar-refractivity contribution < 1.29 is 13.5 Å². The number of hydrogen-bond acceptors (Lipinski definition) is 5. The Morgan fingerprint density at radius 1 is 1.00 bits per heavy atom. The van der Waals surface area contributed by atoms with Crippen LogP contribution in [0.3, 0.4) is 0 Å². The molecule has 1 saturated heterocycles. The predicted molar refractivity (Wildman–Crippen MR) is 114 cm³/mol. The maximum Gasteiger partial charge on any atom is 0.225 e. The predicted octanol–water partition coefficient (Wildman–Crippen LogP) is 4.79. The number of rotatable bonds is 6. The van der Waals surface area contributed by atoms with Crippen molar-refractivity contribution in [3.63, 3.8) is 0 Å². The number of anilines is 1. The second kappa shape index (κ2) is 8.04. The number of ether oxygens (including phenoxy) is 1. The van der Waals surface area contributed by atoms with Gasteiger partial charge in [0.1, 0.15) is 5.15 Å². The molecule has 0 spiro atoms. The lowest BCUT2D eigenvalue weighted by molar-refractivity contribution is 0.257. The minimum Gasteiger partial charge on any atom is -0.487 e. The molecule has 160 valence electrons. The normalized spacial score (nSPS) is 21.8. The Bertz CT molecular complexity index is 1060. The van der Waals surface area contributed by atoms with Crippen molar-refractivity contribution >= 4 is 17.5 Å². The lowest BCUT2D eigenvalue weighted by atomic mass is 10.1. The summed E-state index contributed by atoms with van der Waals surface area (Å²) < 4.78 is 34.7. The zero-order chi connectivity index (χ0) is 21.5. The minimum absolute atomic E-state index is 0.296. The Labute approximate surface area is 184 Å². The highest BCUT2D eigenvalue weighted by Gasteiger charge is 2.56. The van der Waals surface area contributed by atoms with Crippen LogP contribution in [-0.4, -0.2) is 34.6 Å². The zero-order valence-electron chi connectivity index (χ0n) is 16.9. The molecule has 2 atom stereocenters. The first-order valence-corrected chi connectivity index (χ1v) is 10.7. The van der Waals surface area contributed by atoms with Gasteiger partial charge in [0.15, 0.2) is 17.4 Å². The van der Waals surface area contributed by atoms with Crippen molar-refractivity contribution in [2.24, 2.45) is 17.8 Å². The second-order valence-electron chi connectivity index (χ2n) is 8.09. The first-order valence-electron chi connectivity index (χ1n) is 10.3. The van der Waals surface area contributed by atoms with Crippen molar-refractivity contribution in [3.05, 3.63) is 65.2 Å². The van der Waals surface area contributed by atoms with E-state index >= 15 is 0 Å². The molecule has 8 heteroatoms. The number of fused-ring (bicyclic) bond motifs is 1. The fourth-order valence-corrected chi connectivity index (χ4v) is 4.46. The quantitative estimate of drug-likeness (QED) is 0.513. The first-order chi connectivity index (χ1) is 15.0. The van der Waals surface area contributed by atoms with E-state index < -0.39 is 11.6 Å². The van der Waals surface area contributed by atoms with Gasteiger partial charge < -0.3 is 9.64 Å². The van der Waals surface area contributed by atoms with Crippen molar-refractivity contribution in [3.8, 4) is 16.9 Å². The fraction of sp³-hybridized carbons (Fsp3) is 0.348. The molecule has 5 nitrogen and oxygen atoms in total. The Balaban J connectivity index is 1.19. The molecular weight excluding hydrogens is 422 g/mol. The van der Waals surface area contributed by atoms with Gasteiger partial charge in [-0.05, 0) is 53.6 Å². The molecule has 3 aromatic rings. The van der Waals surface area contributed by atoms with Gasteiger partial charge >= 0.3 is 0 Å². The van der Waals surface area contributed by atoms with E-state index in [-0.39, 0.29) is 5.75 Å². The van der Waals surface area contributed by atoms with Crippen LogP contribution in [0.1, 0.15) is 12.5 Å². The van der Waals surface area contributed by atoms with Gasteiger partial charge in [-0.15, -0.1) is 0 Å². The molecule has 2 fully saturated rings. The van der Waals surface area contributed by atoms with Crippen LogP contribution in [0.5, 0.6) is 5.75 Å². The molecule has 0 bridgehead atoms. The van der Waals surface area contributed by atoms with E-state index in [1.807, 2.05) is 12.4 Å². The maximum absolute atomic E-state index is 14.5. The standard InChI is InChI=1S/C23H21ClF2N4O/c1-2-13-7-28-23(29-8-13)30-10-16-17(11-30)18(16)12-31-22-19(25)5-15(6-20(22)26)14-3-4-21(24)27-9-14/h3-9,16-18H,2,10-12H2,1H3. The second-order valence-corrected chi connectivity index (χ2v) is 8.48. The Kier molecular flexibility index (Phi) is 5.22. The lowest BCUT2D eigenvalue weighted by Gasteiger charge is -2.20. The minimum atomic E-state index is -0.721. The summed E-state index contributed by atoms with van der Waals surface area (Å²) in [6.45, 7) is 4.06. The van der Waals surface area contributed by atoms with Gasteiger partial charge in [0, 0.05) is 43.2 Å². The van der Waals surface area contributed by atoms with Crippen molar-refractivity contribution in [1.29, 1.82) is 0 Å². The number of hydrogen-bond donors (Lipinski definition) is 0. The molecule has 5 rings (SSSR count). The Morgan fingerprint density at radius 2 is 1.68 bits per heavy atom. The summed E-state index contributed by atoms with van der Waals surface area (Å²) in [5.74, 6) is 0.160. The number of benzene rings is 1. The summed E-state index contributed by atoms with van der Waals surface area (Å²) in [5, 5.41) is 0.322. The number of aromatic nitrogens is 3. The average Bonchev–Trinajstić information content (AvgIpc) is 3.22. The van der Waals surface area contributed by atoms with Crippen LogP contribution in [0.15, 0.2) is 42.9 Å². The third-order valence-corrected chi connectivity index (χ3v) is 6.46. The van der Waals surface area contributed by atoms with Gasteiger partial charge in [-0.2, -0.15) is 0 Å². The van der Waals surface area contributed by atoms with Gasteiger partial charge in [-0.3, -0.25) is 0 Å². The van der Waals surface area contributed by atoms with Gasteiger partial charge in [0.25, 0.3) is 0 Å². The Morgan fingerprint density at radius 3 is 2.26 bits per heavy atom. The summed E-state index contributed by atoms with van der Waals surface area (Å²) in [7, 11) is 0. The summed E-state index contributed by atoms with van der Waals surface area (Å²) in [5.41, 5.74) is 2.08. The molecule has 2 aromatic heterocycles. The molecule has 0 amide bonds. The van der Waals surface area contributed by atoms with Gasteiger partial charge in [-0.25, -0.2) is 23.7 Å². The molecule has 1 saturated carbocycles.